The largest absolute Gasteiger partial charge is 0.388 e. The summed E-state index contributed by atoms with van der Waals surface area (Å²) in [5.74, 6) is -4.05. The van der Waals surface area contributed by atoms with Crippen LogP contribution in [0.15, 0.2) is 48.5 Å². The van der Waals surface area contributed by atoms with E-state index in [2.05, 4.69) is 10.1 Å². The van der Waals surface area contributed by atoms with Gasteiger partial charge in [-0.25, -0.2) is 14.2 Å². The molecule has 0 aliphatic carbocycles. The van der Waals surface area contributed by atoms with Gasteiger partial charge < -0.3 is 15.0 Å². The molecule has 0 spiro atoms. The summed E-state index contributed by atoms with van der Waals surface area (Å²) in [6, 6.07) is 11.5. The lowest BCUT2D eigenvalue weighted by atomic mass is 9.94. The molecule has 0 unspecified atom stereocenters. The number of alkyl halides is 3. The van der Waals surface area contributed by atoms with Gasteiger partial charge in [0.25, 0.3) is 5.90 Å². The number of ether oxygens (including phenoxy) is 1. The van der Waals surface area contributed by atoms with E-state index in [9.17, 15) is 27.2 Å². The monoisotopic (exact) mass is 521 g/mol. The maximum Gasteiger partial charge on any atom is 0.349 e. The van der Waals surface area contributed by atoms with Crippen LogP contribution < -0.4 is 10.7 Å². The van der Waals surface area contributed by atoms with Crippen LogP contribution in [-0.4, -0.2) is 53.7 Å². The number of likely N-dealkylation sites (tertiary alicyclic amines) is 1. The number of nitrogens with zero attached hydrogens (tertiary/aromatic N) is 1. The van der Waals surface area contributed by atoms with Gasteiger partial charge in [0.15, 0.2) is 0 Å². The lowest BCUT2D eigenvalue weighted by Crippen LogP contribution is -2.50. The van der Waals surface area contributed by atoms with Crippen LogP contribution in [-0.2, 0) is 14.3 Å². The first-order valence-electron chi connectivity index (χ1n) is 11.7. The Hall–Kier alpha value is -3.76. The van der Waals surface area contributed by atoms with E-state index in [4.69, 9.17) is 10.8 Å². The minimum Gasteiger partial charge on any atom is -0.388 e. The minimum atomic E-state index is -3.22. The van der Waals surface area contributed by atoms with E-state index in [1.54, 1.807) is 42.5 Å². The van der Waals surface area contributed by atoms with E-state index in [0.717, 1.165) is 4.90 Å². The highest BCUT2D eigenvalue weighted by Gasteiger charge is 2.41. The van der Waals surface area contributed by atoms with Crippen molar-refractivity contribution < 1.29 is 37.3 Å². The van der Waals surface area contributed by atoms with Crippen LogP contribution in [0.5, 0.6) is 0 Å². The number of hydrogen-bond acceptors (Lipinski definition) is 4. The standard InChI is InChI=1S/C26H28F4N4O3/c1-14(2)18-9-8-16(10-19(18)28)23(15-6-4-3-5-7-15)33-26(36)20-11-17(27)13-34(20)22(35)12-21(31)37-25(32)24(29)30/h3-10,14,17,20,23-24,31-32H,11-13H2,1-2H3,(H,33,36)/p+1/t17-,20+,23+/m1/s1. The number of halogens is 4. The number of benzene rings is 2. The van der Waals surface area contributed by atoms with Crippen molar-refractivity contribution in [3.63, 3.8) is 0 Å². The summed E-state index contributed by atoms with van der Waals surface area (Å²) in [5.41, 5.74) is 1.63. The second-order valence-corrected chi connectivity index (χ2v) is 9.09. The van der Waals surface area contributed by atoms with Crippen LogP contribution in [0.25, 0.3) is 0 Å². The van der Waals surface area contributed by atoms with E-state index >= 15 is 0 Å². The van der Waals surface area contributed by atoms with Crippen LogP contribution in [0.2, 0.25) is 0 Å². The smallest absolute Gasteiger partial charge is 0.349 e. The summed E-state index contributed by atoms with van der Waals surface area (Å²) in [7, 11) is 0. The number of carbonyl (C=O) groups is 2. The Morgan fingerprint density at radius 2 is 1.84 bits per heavy atom. The van der Waals surface area contributed by atoms with Gasteiger partial charge in [-0.3, -0.25) is 15.0 Å². The summed E-state index contributed by atoms with van der Waals surface area (Å²) >= 11 is 0. The van der Waals surface area contributed by atoms with Crippen LogP contribution >= 0.6 is 0 Å². The fourth-order valence-corrected chi connectivity index (χ4v) is 4.22. The molecule has 7 nitrogen and oxygen atoms in total. The number of nitrogens with one attached hydrogen (secondary N) is 2. The Morgan fingerprint density at radius 3 is 2.43 bits per heavy atom. The Morgan fingerprint density at radius 1 is 1.16 bits per heavy atom. The summed E-state index contributed by atoms with van der Waals surface area (Å²) in [6.45, 7) is 3.32. The maximum absolute atomic E-state index is 14.8. The van der Waals surface area contributed by atoms with Crippen molar-refractivity contribution in [2.75, 3.05) is 6.54 Å². The van der Waals surface area contributed by atoms with Gasteiger partial charge >= 0.3 is 12.3 Å². The molecule has 1 saturated heterocycles. The van der Waals surface area contributed by atoms with E-state index in [1.807, 2.05) is 13.8 Å². The van der Waals surface area contributed by atoms with Crippen LogP contribution in [0, 0.1) is 11.2 Å². The van der Waals surface area contributed by atoms with E-state index in [1.165, 1.54) is 6.07 Å². The van der Waals surface area contributed by atoms with Gasteiger partial charge in [0.1, 0.15) is 24.5 Å². The van der Waals surface area contributed by atoms with Crippen molar-refractivity contribution in [2.45, 2.75) is 57.3 Å². The first-order chi connectivity index (χ1) is 17.5. The Kier molecular flexibility index (Phi) is 9.01. The third-order valence-electron chi connectivity index (χ3n) is 6.04. The van der Waals surface area contributed by atoms with Crippen molar-refractivity contribution in [1.82, 2.24) is 10.2 Å². The van der Waals surface area contributed by atoms with Crippen molar-refractivity contribution in [3.05, 3.63) is 71.0 Å². The highest BCUT2D eigenvalue weighted by molar-refractivity contribution is 6.00. The molecule has 198 valence electrons. The first kappa shape index (κ1) is 27.8. The second kappa shape index (κ2) is 12.0. The molecule has 3 atom stereocenters. The normalized spacial score (nSPS) is 18.1. The Bertz CT molecular complexity index is 1160. The van der Waals surface area contributed by atoms with Gasteiger partial charge in [0, 0.05) is 6.42 Å². The summed E-state index contributed by atoms with van der Waals surface area (Å²) in [4.78, 5) is 27.0. The van der Waals surface area contributed by atoms with Gasteiger partial charge in [-0.1, -0.05) is 56.3 Å². The van der Waals surface area contributed by atoms with Crippen molar-refractivity contribution in [2.24, 2.45) is 0 Å². The van der Waals surface area contributed by atoms with E-state index in [0.29, 0.717) is 16.7 Å². The third-order valence-corrected chi connectivity index (χ3v) is 6.04. The molecule has 2 amide bonds. The van der Waals surface area contributed by atoms with Gasteiger partial charge in [0.05, 0.1) is 12.6 Å². The molecular weight excluding hydrogens is 492 g/mol. The van der Waals surface area contributed by atoms with E-state index < -0.39 is 67.1 Å². The van der Waals surface area contributed by atoms with Crippen LogP contribution in [0.3, 0.4) is 0 Å². The van der Waals surface area contributed by atoms with Crippen LogP contribution in [0.4, 0.5) is 17.6 Å². The predicted octanol–water partition coefficient (Wildman–Crippen LogP) is 2.90. The van der Waals surface area contributed by atoms with Crippen molar-refractivity contribution in [1.29, 1.82) is 5.41 Å². The average Bonchev–Trinajstić information content (AvgIpc) is 3.24. The molecule has 4 N–H and O–H groups in total. The molecule has 11 heteroatoms. The molecule has 0 saturated carbocycles. The molecule has 0 bridgehead atoms. The summed E-state index contributed by atoms with van der Waals surface area (Å²) in [6.07, 6.45) is -5.72. The molecule has 0 aromatic heterocycles. The second-order valence-electron chi connectivity index (χ2n) is 9.09. The topological polar surface area (TPSA) is 108 Å². The Balaban J connectivity index is 1.81. The molecule has 1 aliphatic rings. The summed E-state index contributed by atoms with van der Waals surface area (Å²) < 4.78 is 58.5. The lowest BCUT2D eigenvalue weighted by molar-refractivity contribution is -0.146. The highest BCUT2D eigenvalue weighted by atomic mass is 19.3. The number of nitrogens with two attached hydrogens (primary N) is 1. The molecule has 2 aromatic carbocycles. The van der Waals surface area contributed by atoms with Gasteiger partial charge in [-0.15, -0.1) is 0 Å². The SMILES string of the molecule is CC(C)c1ccc([C@@H](NC(=O)[C@@H]2C[C@@H](F)CN2C(=O)CC(=[NH2+])OC(=N)C(F)F)c2ccccc2)cc1F. The quantitative estimate of drug-likeness (QED) is 0.282. The Labute approximate surface area is 211 Å². The number of amides is 2. The molecule has 1 fully saturated rings. The number of rotatable bonds is 8. The zero-order valence-electron chi connectivity index (χ0n) is 20.4. The van der Waals surface area contributed by atoms with Gasteiger partial charge in [0.2, 0.25) is 11.8 Å². The van der Waals surface area contributed by atoms with Crippen molar-refractivity contribution >= 4 is 23.6 Å². The molecule has 3 rings (SSSR count). The molecule has 1 aliphatic heterocycles. The zero-order chi connectivity index (χ0) is 27.3. The van der Waals surface area contributed by atoms with E-state index in [-0.39, 0.29) is 12.3 Å². The lowest BCUT2D eigenvalue weighted by Gasteiger charge is -2.27. The maximum atomic E-state index is 14.8. The zero-order valence-corrected chi connectivity index (χ0v) is 20.4. The molecule has 1 heterocycles. The fraction of sp³-hybridized carbons (Fsp3) is 0.385. The highest BCUT2D eigenvalue weighted by Crippen LogP contribution is 2.28. The fourth-order valence-electron chi connectivity index (χ4n) is 4.22. The molecule has 37 heavy (non-hydrogen) atoms. The van der Waals surface area contributed by atoms with Gasteiger partial charge in [-0.05, 0) is 28.7 Å². The third kappa shape index (κ3) is 6.93. The van der Waals surface area contributed by atoms with Gasteiger partial charge in [-0.2, -0.15) is 8.78 Å². The molecular formula is C26H29F4N4O3+. The van der Waals surface area contributed by atoms with Crippen LogP contribution in [0.1, 0.15) is 55.3 Å². The number of hydrogen-bond donors (Lipinski definition) is 3. The molecule has 0 radical (unpaired) electrons. The number of carbonyl (C=O) groups excluding carboxylic acids is 2. The van der Waals surface area contributed by atoms with Crippen molar-refractivity contribution in [3.8, 4) is 0 Å². The molecule has 2 aromatic rings. The minimum absolute atomic E-state index is 0.0454. The summed E-state index contributed by atoms with van der Waals surface area (Å²) in [5, 5.41) is 15.3. The first-order valence-corrected chi connectivity index (χ1v) is 11.7. The average molecular weight is 522 g/mol. The predicted molar refractivity (Wildman–Crippen MR) is 128 cm³/mol.